The third kappa shape index (κ3) is 1.95. The van der Waals surface area contributed by atoms with E-state index in [1.54, 1.807) is 0 Å². The highest BCUT2D eigenvalue weighted by Gasteiger charge is 2.35. The monoisotopic (exact) mass is 216 g/mol. The van der Waals surface area contributed by atoms with E-state index in [1.165, 1.54) is 0 Å². The van der Waals surface area contributed by atoms with E-state index in [2.05, 4.69) is 5.73 Å². The van der Waals surface area contributed by atoms with Gasteiger partial charge in [-0.2, -0.15) is 0 Å². The molecule has 0 spiro atoms. The molecule has 0 fully saturated rings. The van der Waals surface area contributed by atoms with Crippen LogP contribution in [-0.4, -0.2) is 5.02 Å². The Labute approximate surface area is 68.9 Å². The quantitative estimate of drug-likeness (QED) is 0.475. The fourth-order valence-electron chi connectivity index (χ4n) is 0.537. The molecule has 0 aromatic carbocycles. The lowest BCUT2D eigenvalue weighted by Crippen LogP contribution is -2.76. The van der Waals surface area contributed by atoms with Crippen molar-refractivity contribution >= 4 is 15.2 Å². The first kappa shape index (κ1) is 12.3. The Morgan fingerprint density at radius 2 is 1.42 bits per heavy atom. The van der Waals surface area contributed by atoms with E-state index in [0.717, 1.165) is 6.92 Å². The Hall–Kier alpha value is 0.260. The van der Waals surface area contributed by atoms with Crippen LogP contribution in [0.4, 0.5) is 0 Å². The Balaban J connectivity index is 5.25. The minimum atomic E-state index is -5.51. The highest BCUT2D eigenvalue weighted by molar-refractivity contribution is 7.69. The molecule has 0 aliphatic carbocycles. The number of hydrogen-bond donors (Lipinski definition) is 1. The van der Waals surface area contributed by atoms with Gasteiger partial charge in [0.05, 0.1) is 0 Å². The van der Waals surface area contributed by atoms with Crippen LogP contribution in [0.2, 0.25) is 0 Å². The molecule has 74 valence electrons. The molecular weight excluding hydrogens is 208 g/mol. The van der Waals surface area contributed by atoms with E-state index in [9.17, 15) is 28.7 Å². The minimum absolute atomic E-state index is 0.637. The van der Waals surface area contributed by atoms with E-state index in [0.29, 0.717) is 0 Å². The van der Waals surface area contributed by atoms with Gasteiger partial charge in [0.2, 0.25) is 0 Å². The number of hydrogen-bond acceptors (Lipinski definition) is 6. The maximum Gasteiger partial charge on any atom is 0.144 e. The van der Waals surface area contributed by atoms with Gasteiger partial charge in [0, 0.05) is 21.6 Å². The zero-order valence-electron chi connectivity index (χ0n) is 6.26. The van der Waals surface area contributed by atoms with Crippen LogP contribution < -0.4 is 25.3 Å². The van der Waals surface area contributed by atoms with Crippen LogP contribution >= 0.6 is 15.2 Å². The summed E-state index contributed by atoms with van der Waals surface area (Å²) in [5, 5.41) is -2.94. The number of rotatable bonds is 3. The summed E-state index contributed by atoms with van der Waals surface area (Å²) in [5.41, 5.74) is 2.65. The normalized spacial score (nSPS) is 14.8. The first-order valence-corrected chi connectivity index (χ1v) is 6.04. The van der Waals surface area contributed by atoms with Crippen molar-refractivity contribution in [1.29, 1.82) is 0 Å². The smallest absolute Gasteiger partial charge is 0.144 e. The third-order valence-electron chi connectivity index (χ3n) is 1.59. The lowest BCUT2D eigenvalue weighted by atomic mass is 10.5. The van der Waals surface area contributed by atoms with Crippen LogP contribution in [0, 0.1) is 0 Å². The van der Waals surface area contributed by atoms with E-state index in [1.807, 2.05) is 0 Å². The molecule has 0 rings (SSSR count). The summed E-state index contributed by atoms with van der Waals surface area (Å²) in [6.07, 6.45) is -0.637. The first-order chi connectivity index (χ1) is 5.06. The van der Waals surface area contributed by atoms with Crippen molar-refractivity contribution in [2.45, 2.75) is 18.4 Å². The molecule has 0 aliphatic heterocycles. The van der Waals surface area contributed by atoms with Gasteiger partial charge in [-0.05, 0) is 0 Å². The van der Waals surface area contributed by atoms with Crippen molar-refractivity contribution in [3.63, 3.8) is 0 Å². The third-order valence-corrected chi connectivity index (χ3v) is 5.73. The van der Waals surface area contributed by atoms with Gasteiger partial charge in [-0.15, -0.1) is 0 Å². The molecule has 0 unspecified atom stereocenters. The summed E-state index contributed by atoms with van der Waals surface area (Å²) < 4.78 is 20.7. The molecule has 0 heterocycles. The molecule has 0 aliphatic rings. The fraction of sp³-hybridized carbons (Fsp3) is 1.00. The summed E-state index contributed by atoms with van der Waals surface area (Å²) in [5.74, 6) is 0. The Kier molecular flexibility index (Phi) is 3.26. The molecule has 7 nitrogen and oxygen atoms in total. The van der Waals surface area contributed by atoms with Gasteiger partial charge in [-0.1, -0.05) is 6.92 Å². The van der Waals surface area contributed by atoms with Gasteiger partial charge in [0.25, 0.3) is 0 Å². The summed E-state index contributed by atoms with van der Waals surface area (Å²) in [7, 11) is -11.0. The molecule has 0 amide bonds. The fourth-order valence-corrected chi connectivity index (χ4v) is 2.51. The maximum absolute atomic E-state index is 10.4. The van der Waals surface area contributed by atoms with Crippen LogP contribution in [-0.2, 0) is 9.13 Å². The molecule has 0 saturated heterocycles. The molecule has 0 aromatic heterocycles. The minimum Gasteiger partial charge on any atom is -0.806 e. The average molecular weight is 216 g/mol. The Bertz CT molecular complexity index is 230. The molecule has 9 heteroatoms. The summed E-state index contributed by atoms with van der Waals surface area (Å²) in [6.45, 7) is 1.10. The second-order valence-corrected chi connectivity index (χ2v) is 6.39. The van der Waals surface area contributed by atoms with Crippen molar-refractivity contribution < 1.29 is 34.4 Å². The van der Waals surface area contributed by atoms with Crippen LogP contribution in [0.25, 0.3) is 0 Å². The molecule has 0 saturated carbocycles. The van der Waals surface area contributed by atoms with Crippen molar-refractivity contribution in [3.8, 4) is 0 Å². The van der Waals surface area contributed by atoms with Crippen LogP contribution in [0.3, 0.4) is 0 Å². The van der Waals surface area contributed by atoms with Gasteiger partial charge in [-0.3, -0.25) is 0 Å². The second-order valence-electron chi connectivity index (χ2n) is 2.33. The summed E-state index contributed by atoms with van der Waals surface area (Å²) in [4.78, 5) is 41.5. The van der Waals surface area contributed by atoms with Crippen molar-refractivity contribution in [3.05, 3.63) is 0 Å². The molecule has 0 radical (unpaired) electrons. The topological polar surface area (TPSA) is 154 Å². The summed E-state index contributed by atoms with van der Waals surface area (Å²) in [6, 6.07) is 0. The standard InChI is InChI=1S/C3H11NO6P2/c1-2-3(4,11(5,6)7)12(8,9)10/h2,4H2,1H3,(H2,5,6,7)(H2,8,9,10)/p-3. The van der Waals surface area contributed by atoms with Crippen LogP contribution in [0.15, 0.2) is 0 Å². The molecule has 12 heavy (non-hydrogen) atoms. The van der Waals surface area contributed by atoms with Gasteiger partial charge >= 0.3 is 0 Å². The SMILES string of the molecule is CCC([NH3+])(P(=O)([O-])[O-])P(=O)([O-])[O-]. The molecule has 0 atom stereocenters. The highest BCUT2D eigenvalue weighted by Crippen LogP contribution is 2.56. The summed E-state index contributed by atoms with van der Waals surface area (Å²) >= 11 is 0. The zero-order valence-corrected chi connectivity index (χ0v) is 8.05. The second kappa shape index (κ2) is 3.20. The molecular formula is C3H8NO6P2-3. The van der Waals surface area contributed by atoms with Gasteiger partial charge in [0.15, 0.2) is 0 Å². The van der Waals surface area contributed by atoms with Gasteiger partial charge in [-0.25, -0.2) is 0 Å². The maximum atomic E-state index is 10.4. The van der Waals surface area contributed by atoms with Crippen molar-refractivity contribution in [2.75, 3.05) is 0 Å². The van der Waals surface area contributed by atoms with E-state index < -0.39 is 26.6 Å². The van der Waals surface area contributed by atoms with Crippen molar-refractivity contribution in [1.82, 2.24) is 0 Å². The van der Waals surface area contributed by atoms with E-state index >= 15 is 0 Å². The largest absolute Gasteiger partial charge is 0.806 e. The predicted octanol–water partition coefficient (Wildman–Crippen LogP) is -3.88. The first-order valence-electron chi connectivity index (χ1n) is 2.96. The Morgan fingerprint density at radius 3 is 1.42 bits per heavy atom. The Morgan fingerprint density at radius 1 is 1.17 bits per heavy atom. The average Bonchev–Trinajstić information content (AvgIpc) is 1.81. The van der Waals surface area contributed by atoms with Gasteiger partial charge < -0.3 is 34.4 Å². The molecule has 0 bridgehead atoms. The lowest BCUT2D eigenvalue weighted by Gasteiger charge is -2.53. The molecule has 3 N–H and O–H groups in total. The van der Waals surface area contributed by atoms with E-state index in [4.69, 9.17) is 0 Å². The van der Waals surface area contributed by atoms with Crippen molar-refractivity contribution in [2.24, 2.45) is 0 Å². The molecule has 0 aromatic rings. The number of quaternary nitrogens is 1. The van der Waals surface area contributed by atoms with Crippen LogP contribution in [0.5, 0.6) is 0 Å². The predicted molar refractivity (Wildman–Crippen MR) is 31.1 cm³/mol. The van der Waals surface area contributed by atoms with E-state index in [-0.39, 0.29) is 0 Å². The van der Waals surface area contributed by atoms with Gasteiger partial charge in [0.1, 0.15) is 5.02 Å². The van der Waals surface area contributed by atoms with Crippen LogP contribution in [0.1, 0.15) is 13.3 Å². The lowest BCUT2D eigenvalue weighted by molar-refractivity contribution is -0.475. The zero-order chi connectivity index (χ0) is 10.2. The highest BCUT2D eigenvalue weighted by atomic mass is 31.2.